The van der Waals surface area contributed by atoms with Crippen LogP contribution in [0.3, 0.4) is 0 Å². The molecule has 2 heterocycles. The molecule has 1 aromatic heterocycles. The van der Waals surface area contributed by atoms with Crippen molar-refractivity contribution < 1.29 is 9.47 Å². The summed E-state index contributed by atoms with van der Waals surface area (Å²) in [6, 6.07) is 2.16. The molecule has 78 valence electrons. The van der Waals surface area contributed by atoms with Gasteiger partial charge in [0, 0.05) is 17.3 Å². The fourth-order valence-electron chi connectivity index (χ4n) is 1.54. The van der Waals surface area contributed by atoms with Gasteiger partial charge in [-0.15, -0.1) is 11.3 Å². The Labute approximate surface area is 87.8 Å². The summed E-state index contributed by atoms with van der Waals surface area (Å²) in [6.45, 7) is 3.48. The smallest absolute Gasteiger partial charge is 0.159 e. The lowest BCUT2D eigenvalue weighted by Gasteiger charge is -2.14. The number of hydrogen-bond donors (Lipinski definition) is 1. The summed E-state index contributed by atoms with van der Waals surface area (Å²) in [4.78, 5) is 1.30. The first kappa shape index (κ1) is 10.1. The Bertz CT molecular complexity index is 294. The van der Waals surface area contributed by atoms with E-state index in [1.165, 1.54) is 10.4 Å². The van der Waals surface area contributed by atoms with Crippen LogP contribution in [0, 0.1) is 6.92 Å². The molecule has 3 nitrogen and oxygen atoms in total. The minimum absolute atomic E-state index is 0.0306. The summed E-state index contributed by atoms with van der Waals surface area (Å²) < 4.78 is 10.7. The van der Waals surface area contributed by atoms with E-state index >= 15 is 0 Å². The zero-order valence-corrected chi connectivity index (χ0v) is 9.05. The molecule has 4 heteroatoms. The van der Waals surface area contributed by atoms with Gasteiger partial charge in [0.05, 0.1) is 13.2 Å². The second-order valence-corrected chi connectivity index (χ2v) is 4.62. The van der Waals surface area contributed by atoms with E-state index in [0.717, 1.165) is 6.42 Å². The Hall–Kier alpha value is -0.420. The Morgan fingerprint density at radius 1 is 1.57 bits per heavy atom. The van der Waals surface area contributed by atoms with Crippen molar-refractivity contribution in [3.63, 3.8) is 0 Å². The highest BCUT2D eigenvalue weighted by molar-refractivity contribution is 7.10. The van der Waals surface area contributed by atoms with Gasteiger partial charge in [-0.3, -0.25) is 0 Å². The minimum Gasteiger partial charge on any atom is -0.350 e. The molecule has 1 aliphatic rings. The van der Waals surface area contributed by atoms with Crippen molar-refractivity contribution in [3.05, 3.63) is 21.9 Å². The summed E-state index contributed by atoms with van der Waals surface area (Å²) in [6.07, 6.45) is 0.640. The average Bonchev–Trinajstić information content (AvgIpc) is 2.75. The van der Waals surface area contributed by atoms with Crippen LogP contribution in [-0.4, -0.2) is 19.5 Å². The van der Waals surface area contributed by atoms with E-state index in [1.54, 1.807) is 11.3 Å². The molecule has 0 bridgehead atoms. The van der Waals surface area contributed by atoms with Crippen molar-refractivity contribution in [1.82, 2.24) is 0 Å². The van der Waals surface area contributed by atoms with Crippen LogP contribution in [0.25, 0.3) is 0 Å². The maximum atomic E-state index is 6.03. The molecule has 1 unspecified atom stereocenters. The molecule has 0 saturated carbocycles. The first-order valence-corrected chi connectivity index (χ1v) is 5.67. The molecule has 2 N–H and O–H groups in total. The van der Waals surface area contributed by atoms with E-state index in [9.17, 15) is 0 Å². The summed E-state index contributed by atoms with van der Waals surface area (Å²) in [5.74, 6) is 0. The molecule has 2 rings (SSSR count). The molecule has 0 aromatic carbocycles. The van der Waals surface area contributed by atoms with Crippen LogP contribution in [-0.2, 0) is 9.47 Å². The topological polar surface area (TPSA) is 44.5 Å². The Balaban J connectivity index is 1.91. The zero-order chi connectivity index (χ0) is 9.97. The van der Waals surface area contributed by atoms with Gasteiger partial charge in [0.15, 0.2) is 6.29 Å². The van der Waals surface area contributed by atoms with Crippen molar-refractivity contribution in [2.24, 2.45) is 5.73 Å². The van der Waals surface area contributed by atoms with Gasteiger partial charge in [-0.1, -0.05) is 0 Å². The van der Waals surface area contributed by atoms with Crippen molar-refractivity contribution in [1.29, 1.82) is 0 Å². The number of ether oxygens (including phenoxy) is 2. The van der Waals surface area contributed by atoms with Crippen LogP contribution in [0.4, 0.5) is 0 Å². The number of thiophene rings is 1. The maximum Gasteiger partial charge on any atom is 0.159 e. The SMILES string of the molecule is Cc1cc(C(N)CC2OCCO2)cs1. The molecule has 1 aromatic rings. The number of nitrogens with two attached hydrogens (primary N) is 1. The first-order valence-electron chi connectivity index (χ1n) is 4.79. The van der Waals surface area contributed by atoms with E-state index in [0.29, 0.717) is 13.2 Å². The quantitative estimate of drug-likeness (QED) is 0.833. The first-order chi connectivity index (χ1) is 6.75. The van der Waals surface area contributed by atoms with Gasteiger partial charge < -0.3 is 15.2 Å². The van der Waals surface area contributed by atoms with Gasteiger partial charge >= 0.3 is 0 Å². The third kappa shape index (κ3) is 2.33. The predicted octanol–water partition coefficient (Wildman–Crippen LogP) is 1.82. The lowest BCUT2D eigenvalue weighted by molar-refractivity contribution is -0.0507. The van der Waals surface area contributed by atoms with Crippen molar-refractivity contribution >= 4 is 11.3 Å². The van der Waals surface area contributed by atoms with E-state index in [1.807, 2.05) is 0 Å². The lowest BCUT2D eigenvalue weighted by atomic mass is 10.1. The average molecular weight is 213 g/mol. The molecular formula is C10H15NO2S. The third-order valence-electron chi connectivity index (χ3n) is 2.32. The highest BCUT2D eigenvalue weighted by atomic mass is 32.1. The maximum absolute atomic E-state index is 6.03. The Morgan fingerprint density at radius 2 is 2.29 bits per heavy atom. The minimum atomic E-state index is -0.106. The molecule has 0 spiro atoms. The summed E-state index contributed by atoms with van der Waals surface area (Å²) in [5, 5.41) is 2.11. The molecule has 1 atom stereocenters. The third-order valence-corrected chi connectivity index (χ3v) is 3.20. The van der Waals surface area contributed by atoms with Crippen molar-refractivity contribution in [3.8, 4) is 0 Å². The van der Waals surface area contributed by atoms with Crippen molar-refractivity contribution in [2.45, 2.75) is 25.7 Å². The lowest BCUT2D eigenvalue weighted by Crippen LogP contribution is -2.18. The van der Waals surface area contributed by atoms with Gasteiger partial charge in [-0.05, 0) is 23.9 Å². The molecular weight excluding hydrogens is 198 g/mol. The van der Waals surface area contributed by atoms with Crippen LogP contribution in [0.2, 0.25) is 0 Å². The molecule has 1 fully saturated rings. The number of aryl methyl sites for hydroxylation is 1. The molecule has 1 saturated heterocycles. The standard InChI is InChI=1S/C10H15NO2S/c1-7-4-8(6-14-7)9(11)5-10-12-2-3-13-10/h4,6,9-10H,2-3,5,11H2,1H3. The highest BCUT2D eigenvalue weighted by Crippen LogP contribution is 2.24. The van der Waals surface area contributed by atoms with Crippen LogP contribution >= 0.6 is 11.3 Å². The van der Waals surface area contributed by atoms with Gasteiger partial charge in [0.1, 0.15) is 0 Å². The second-order valence-electron chi connectivity index (χ2n) is 3.50. The van der Waals surface area contributed by atoms with Crippen molar-refractivity contribution in [2.75, 3.05) is 13.2 Å². The summed E-state index contributed by atoms with van der Waals surface area (Å²) in [5.41, 5.74) is 7.22. The molecule has 14 heavy (non-hydrogen) atoms. The fourth-order valence-corrected chi connectivity index (χ4v) is 2.31. The molecule has 0 amide bonds. The summed E-state index contributed by atoms with van der Waals surface area (Å²) in [7, 11) is 0. The normalized spacial score (nSPS) is 20.1. The summed E-state index contributed by atoms with van der Waals surface area (Å²) >= 11 is 1.73. The van der Waals surface area contributed by atoms with Crippen LogP contribution in [0.5, 0.6) is 0 Å². The van der Waals surface area contributed by atoms with E-state index in [4.69, 9.17) is 15.2 Å². The highest BCUT2D eigenvalue weighted by Gasteiger charge is 2.20. The van der Waals surface area contributed by atoms with E-state index < -0.39 is 0 Å². The van der Waals surface area contributed by atoms with Crippen LogP contribution < -0.4 is 5.73 Å². The number of rotatable bonds is 3. The predicted molar refractivity (Wildman–Crippen MR) is 56.3 cm³/mol. The van der Waals surface area contributed by atoms with E-state index in [2.05, 4.69) is 18.4 Å². The van der Waals surface area contributed by atoms with Gasteiger partial charge in [-0.25, -0.2) is 0 Å². The largest absolute Gasteiger partial charge is 0.350 e. The van der Waals surface area contributed by atoms with Gasteiger partial charge in [0.25, 0.3) is 0 Å². The van der Waals surface area contributed by atoms with E-state index in [-0.39, 0.29) is 12.3 Å². The molecule has 1 aliphatic heterocycles. The van der Waals surface area contributed by atoms with Crippen LogP contribution in [0.15, 0.2) is 11.4 Å². The zero-order valence-electron chi connectivity index (χ0n) is 8.23. The Morgan fingerprint density at radius 3 is 2.86 bits per heavy atom. The monoisotopic (exact) mass is 213 g/mol. The molecule has 0 radical (unpaired) electrons. The van der Waals surface area contributed by atoms with Gasteiger partial charge in [0.2, 0.25) is 0 Å². The fraction of sp³-hybridized carbons (Fsp3) is 0.600. The Kier molecular flexibility index (Phi) is 3.18. The second kappa shape index (κ2) is 4.40. The molecule has 0 aliphatic carbocycles. The van der Waals surface area contributed by atoms with Gasteiger partial charge in [-0.2, -0.15) is 0 Å². The number of hydrogen-bond acceptors (Lipinski definition) is 4. The van der Waals surface area contributed by atoms with Crippen LogP contribution in [0.1, 0.15) is 22.9 Å².